The van der Waals surface area contributed by atoms with Crippen LogP contribution >= 0.6 is 0 Å². The van der Waals surface area contributed by atoms with Gasteiger partial charge >= 0.3 is 18.3 Å². The largest absolute Gasteiger partial charge is 0.490 e. The zero-order valence-electron chi connectivity index (χ0n) is 16.3. The number of fused-ring (bicyclic) bond motifs is 1. The molecule has 0 unspecified atom stereocenters. The minimum atomic E-state index is -5.08. The molecule has 1 aromatic carbocycles. The molecule has 13 heteroatoms. The molecule has 0 bridgehead atoms. The summed E-state index contributed by atoms with van der Waals surface area (Å²) in [5.74, 6) is -2.76. The summed E-state index contributed by atoms with van der Waals surface area (Å²) in [6.45, 7) is 1.31. The first-order valence-electron chi connectivity index (χ1n) is 9.49. The lowest BCUT2D eigenvalue weighted by Crippen LogP contribution is -2.42. The van der Waals surface area contributed by atoms with Gasteiger partial charge in [-0.05, 0) is 43.0 Å². The second-order valence-electron chi connectivity index (χ2n) is 7.15. The molecule has 32 heavy (non-hydrogen) atoms. The predicted octanol–water partition coefficient (Wildman–Crippen LogP) is 3.37. The second-order valence-corrected chi connectivity index (χ2v) is 7.15. The molecular formula is C19H18F6N4O3. The molecule has 2 aromatic rings. The van der Waals surface area contributed by atoms with Crippen LogP contribution in [0.25, 0.3) is 11.1 Å². The Bertz CT molecular complexity index is 996. The maximum Gasteiger partial charge on any atom is 0.490 e. The number of carbonyl (C=O) groups excluding carboxylic acids is 1. The van der Waals surface area contributed by atoms with Gasteiger partial charge < -0.3 is 15.3 Å². The van der Waals surface area contributed by atoms with Crippen LogP contribution in [0.5, 0.6) is 0 Å². The Morgan fingerprint density at radius 3 is 2.38 bits per heavy atom. The molecule has 3 heterocycles. The topological polar surface area (TPSA) is 98.3 Å². The summed E-state index contributed by atoms with van der Waals surface area (Å²) in [6.07, 6.45) is -6.10. The normalized spacial score (nSPS) is 18.2. The fourth-order valence-electron chi connectivity index (χ4n) is 3.71. The Morgan fingerprint density at radius 1 is 1.12 bits per heavy atom. The van der Waals surface area contributed by atoms with Crippen LogP contribution in [0.2, 0.25) is 0 Å². The Kier molecular flexibility index (Phi) is 6.49. The zero-order valence-corrected chi connectivity index (χ0v) is 16.3. The van der Waals surface area contributed by atoms with Crippen molar-refractivity contribution < 1.29 is 41.0 Å². The Hall–Kier alpha value is -3.09. The highest BCUT2D eigenvalue weighted by atomic mass is 19.4. The van der Waals surface area contributed by atoms with E-state index in [-0.39, 0.29) is 17.5 Å². The van der Waals surface area contributed by atoms with E-state index in [0.717, 1.165) is 24.9 Å². The highest BCUT2D eigenvalue weighted by molar-refractivity contribution is 6.00. The molecule has 174 valence electrons. The molecule has 0 saturated carbocycles. The smallest absolute Gasteiger partial charge is 0.475 e. The highest BCUT2D eigenvalue weighted by Gasteiger charge is 2.39. The van der Waals surface area contributed by atoms with Gasteiger partial charge in [-0.25, -0.2) is 4.79 Å². The third-order valence-electron chi connectivity index (χ3n) is 5.11. The number of aromatic amines is 1. The van der Waals surface area contributed by atoms with Gasteiger partial charge in [0, 0.05) is 17.8 Å². The van der Waals surface area contributed by atoms with Crippen molar-refractivity contribution >= 4 is 17.6 Å². The van der Waals surface area contributed by atoms with Gasteiger partial charge in [0.1, 0.15) is 5.69 Å². The first kappa shape index (κ1) is 23.6. The standard InChI is InChI=1S/C17H17F3N4O.C2HF3O2/c18-17(19,20)15-12(9-22-23-15)10-3-1-5-14-11(10)6-8-24(14)16(25)13-4-2-7-21-13;3-2(4,5)1(6)7/h1,3,5,9,13,21H,2,4,6-8H2,(H,22,23);(H,6,7)/t13-;/m0./s1. The number of carboxylic acid groups (broad SMARTS) is 1. The number of halogens is 6. The third-order valence-corrected chi connectivity index (χ3v) is 5.11. The van der Waals surface area contributed by atoms with Crippen molar-refractivity contribution in [3.63, 3.8) is 0 Å². The summed E-state index contributed by atoms with van der Waals surface area (Å²) >= 11 is 0. The molecule has 2 aliphatic rings. The minimum absolute atomic E-state index is 0.00311. The number of aromatic nitrogens is 2. The number of aliphatic carboxylic acids is 1. The summed E-state index contributed by atoms with van der Waals surface area (Å²) in [6, 6.07) is 4.94. The van der Waals surface area contributed by atoms with Crippen LogP contribution in [0.3, 0.4) is 0 Å². The van der Waals surface area contributed by atoms with Gasteiger partial charge in [-0.1, -0.05) is 12.1 Å². The van der Waals surface area contributed by atoms with E-state index in [1.807, 2.05) is 5.10 Å². The van der Waals surface area contributed by atoms with Gasteiger partial charge in [0.2, 0.25) is 5.91 Å². The fourth-order valence-corrected chi connectivity index (χ4v) is 3.71. The van der Waals surface area contributed by atoms with Crippen LogP contribution in [-0.4, -0.2) is 52.5 Å². The van der Waals surface area contributed by atoms with Gasteiger partial charge in [0.25, 0.3) is 0 Å². The lowest BCUT2D eigenvalue weighted by Gasteiger charge is -2.21. The molecule has 7 nitrogen and oxygen atoms in total. The number of nitrogens with zero attached hydrogens (tertiary/aromatic N) is 2. The van der Waals surface area contributed by atoms with Crippen LogP contribution in [-0.2, 0) is 22.2 Å². The Morgan fingerprint density at radius 2 is 1.81 bits per heavy atom. The molecular weight excluding hydrogens is 446 g/mol. The van der Waals surface area contributed by atoms with Crippen molar-refractivity contribution in [1.29, 1.82) is 0 Å². The Balaban J connectivity index is 0.000000360. The van der Waals surface area contributed by atoms with Crippen LogP contribution in [0, 0.1) is 0 Å². The SMILES string of the molecule is O=C(O)C(F)(F)F.O=C([C@@H]1CCCN1)N1CCc2c(-c3cn[nH]c3C(F)(F)F)cccc21. The number of amides is 1. The summed E-state index contributed by atoms with van der Waals surface area (Å²) in [5.41, 5.74) is 1.11. The molecule has 1 aromatic heterocycles. The molecule has 0 aliphatic carbocycles. The van der Waals surface area contributed by atoms with E-state index >= 15 is 0 Å². The quantitative estimate of drug-likeness (QED) is 0.592. The van der Waals surface area contributed by atoms with Crippen molar-refractivity contribution in [2.75, 3.05) is 18.0 Å². The average Bonchev–Trinajstić information content (AvgIpc) is 3.46. The molecule has 4 rings (SSSR count). The van der Waals surface area contributed by atoms with Gasteiger partial charge in [0.15, 0.2) is 0 Å². The van der Waals surface area contributed by atoms with Crippen LogP contribution < -0.4 is 10.2 Å². The van der Waals surface area contributed by atoms with Gasteiger partial charge in [-0.15, -0.1) is 0 Å². The number of H-pyrrole nitrogens is 1. The molecule has 2 aliphatic heterocycles. The Labute approximate surface area is 177 Å². The van der Waals surface area contributed by atoms with E-state index in [2.05, 4.69) is 10.4 Å². The lowest BCUT2D eigenvalue weighted by atomic mass is 9.98. The monoisotopic (exact) mass is 464 g/mol. The van der Waals surface area contributed by atoms with E-state index in [9.17, 15) is 31.1 Å². The number of hydrogen-bond acceptors (Lipinski definition) is 4. The molecule has 3 N–H and O–H groups in total. The molecule has 1 atom stereocenters. The summed E-state index contributed by atoms with van der Waals surface area (Å²) in [5, 5.41) is 15.9. The zero-order chi connectivity index (χ0) is 23.7. The van der Waals surface area contributed by atoms with E-state index in [4.69, 9.17) is 9.90 Å². The number of carbonyl (C=O) groups is 2. The maximum absolute atomic E-state index is 13.2. The number of benzene rings is 1. The van der Waals surface area contributed by atoms with Crippen molar-refractivity contribution in [1.82, 2.24) is 15.5 Å². The summed E-state index contributed by atoms with van der Waals surface area (Å²) in [4.78, 5) is 23.3. The van der Waals surface area contributed by atoms with E-state index in [1.54, 1.807) is 23.1 Å². The molecule has 0 radical (unpaired) electrons. The average molecular weight is 464 g/mol. The van der Waals surface area contributed by atoms with Crippen LogP contribution in [0.15, 0.2) is 24.4 Å². The van der Waals surface area contributed by atoms with E-state index < -0.39 is 24.0 Å². The third kappa shape index (κ3) is 4.87. The van der Waals surface area contributed by atoms with E-state index in [0.29, 0.717) is 24.2 Å². The van der Waals surface area contributed by atoms with Crippen LogP contribution in [0.1, 0.15) is 24.1 Å². The number of anilines is 1. The van der Waals surface area contributed by atoms with Crippen molar-refractivity contribution in [3.8, 4) is 11.1 Å². The van der Waals surface area contributed by atoms with Crippen molar-refractivity contribution in [3.05, 3.63) is 35.7 Å². The summed E-state index contributed by atoms with van der Waals surface area (Å²) < 4.78 is 71.3. The first-order chi connectivity index (χ1) is 14.9. The molecule has 0 spiro atoms. The second kappa shape index (κ2) is 8.81. The van der Waals surface area contributed by atoms with Gasteiger partial charge in [0.05, 0.1) is 12.2 Å². The highest BCUT2D eigenvalue weighted by Crippen LogP contribution is 2.41. The minimum Gasteiger partial charge on any atom is -0.475 e. The van der Waals surface area contributed by atoms with Gasteiger partial charge in [-0.2, -0.15) is 31.4 Å². The van der Waals surface area contributed by atoms with Crippen LogP contribution in [0.4, 0.5) is 32.0 Å². The molecule has 1 amide bonds. The first-order valence-corrected chi connectivity index (χ1v) is 9.49. The number of carboxylic acids is 1. The number of rotatable bonds is 2. The fraction of sp³-hybridized carbons (Fsp3) is 0.421. The van der Waals surface area contributed by atoms with Crippen molar-refractivity contribution in [2.24, 2.45) is 0 Å². The number of nitrogens with one attached hydrogen (secondary N) is 2. The van der Waals surface area contributed by atoms with E-state index in [1.165, 1.54) is 6.20 Å². The summed E-state index contributed by atoms with van der Waals surface area (Å²) in [7, 11) is 0. The molecule has 1 saturated heterocycles. The number of alkyl halides is 6. The maximum atomic E-state index is 13.2. The van der Waals surface area contributed by atoms with Gasteiger partial charge in [-0.3, -0.25) is 9.89 Å². The van der Waals surface area contributed by atoms with Crippen molar-refractivity contribution in [2.45, 2.75) is 37.7 Å². The lowest BCUT2D eigenvalue weighted by molar-refractivity contribution is -0.192. The number of hydrogen-bond donors (Lipinski definition) is 3. The predicted molar refractivity (Wildman–Crippen MR) is 99.8 cm³/mol. The molecule has 1 fully saturated rings.